The molecule has 0 heterocycles. The molecule has 0 aliphatic carbocycles. The Morgan fingerprint density at radius 3 is 0.962 bits per heavy atom. The van der Waals surface area contributed by atoms with Crippen LogP contribution in [0.15, 0.2) is 48.5 Å². The van der Waals surface area contributed by atoms with Gasteiger partial charge < -0.3 is 10.2 Å². The fourth-order valence-corrected chi connectivity index (χ4v) is 3.11. The van der Waals surface area contributed by atoms with Crippen molar-refractivity contribution in [2.45, 2.75) is 24.6 Å². The van der Waals surface area contributed by atoms with Crippen LogP contribution in [0.5, 0.6) is 0 Å². The summed E-state index contributed by atoms with van der Waals surface area (Å²) >= 11 is 0. The second kappa shape index (κ2) is 6.14. The summed E-state index contributed by atoms with van der Waals surface area (Å²) in [5.74, 6) is 0. The molecule has 3 rings (SSSR count). The number of alkyl halides is 6. The van der Waals surface area contributed by atoms with Gasteiger partial charge in [0.1, 0.15) is 0 Å². The minimum Gasteiger partial charge on any atom is -0.379 e. The van der Waals surface area contributed by atoms with Gasteiger partial charge in [-0.3, -0.25) is 0 Å². The maximum absolute atomic E-state index is 13.2. The zero-order valence-electron chi connectivity index (χ0n) is 12.9. The van der Waals surface area contributed by atoms with Crippen LogP contribution in [-0.2, 0) is 0 Å². The Bertz CT molecular complexity index is 826. The van der Waals surface area contributed by atoms with Crippen LogP contribution in [0.2, 0.25) is 0 Å². The van der Waals surface area contributed by atoms with E-state index < -0.39 is 35.7 Å². The monoisotopic (exact) mass is 374 g/mol. The van der Waals surface area contributed by atoms with E-state index in [4.69, 9.17) is 0 Å². The minimum absolute atomic E-state index is 0.200. The van der Waals surface area contributed by atoms with Crippen molar-refractivity contribution in [1.29, 1.82) is 0 Å². The van der Waals surface area contributed by atoms with Crippen LogP contribution < -0.4 is 0 Å². The first-order valence-electron chi connectivity index (χ1n) is 7.46. The molecule has 2 N–H and O–H groups in total. The average molecular weight is 374 g/mol. The first-order valence-corrected chi connectivity index (χ1v) is 7.46. The molecule has 138 valence electrons. The maximum atomic E-state index is 13.2. The van der Waals surface area contributed by atoms with Crippen molar-refractivity contribution in [3.8, 4) is 0 Å². The van der Waals surface area contributed by atoms with E-state index in [0.29, 0.717) is 0 Å². The molecule has 0 aromatic heterocycles. The number of halogens is 6. The van der Waals surface area contributed by atoms with E-state index in [0.717, 1.165) is 0 Å². The van der Waals surface area contributed by atoms with Gasteiger partial charge in [-0.05, 0) is 21.5 Å². The van der Waals surface area contributed by atoms with E-state index in [1.54, 1.807) is 0 Å². The maximum Gasteiger partial charge on any atom is 0.418 e. The SMILES string of the molecule is O[C@H](c1c2ccccc2c([C@@H](O)C(F)(F)F)c2ccccc12)C(F)(F)F. The Labute approximate surface area is 143 Å². The van der Waals surface area contributed by atoms with Gasteiger partial charge in [-0.1, -0.05) is 48.5 Å². The highest BCUT2D eigenvalue weighted by atomic mass is 19.4. The van der Waals surface area contributed by atoms with Gasteiger partial charge in [0, 0.05) is 11.1 Å². The number of benzene rings is 3. The normalized spacial score (nSPS) is 15.4. The molecule has 0 bridgehead atoms. The van der Waals surface area contributed by atoms with Crippen LogP contribution in [-0.4, -0.2) is 22.6 Å². The van der Waals surface area contributed by atoms with Crippen LogP contribution in [0.25, 0.3) is 21.5 Å². The lowest BCUT2D eigenvalue weighted by Crippen LogP contribution is -2.23. The lowest BCUT2D eigenvalue weighted by Gasteiger charge is -2.24. The number of hydrogen-bond acceptors (Lipinski definition) is 2. The average Bonchev–Trinajstić information content (AvgIpc) is 2.56. The van der Waals surface area contributed by atoms with Crippen molar-refractivity contribution >= 4 is 21.5 Å². The Morgan fingerprint density at radius 1 is 0.538 bits per heavy atom. The minimum atomic E-state index is -5.00. The highest BCUT2D eigenvalue weighted by Crippen LogP contribution is 2.46. The number of fused-ring (bicyclic) bond motifs is 2. The zero-order chi connectivity index (χ0) is 19.3. The summed E-state index contributed by atoms with van der Waals surface area (Å²) in [6, 6.07) is 10.2. The summed E-state index contributed by atoms with van der Waals surface area (Å²) in [6.07, 6.45) is -15.8. The van der Waals surface area contributed by atoms with Gasteiger partial charge >= 0.3 is 12.4 Å². The van der Waals surface area contributed by atoms with Crippen molar-refractivity contribution in [3.05, 3.63) is 59.7 Å². The Hall–Kier alpha value is -2.32. The Balaban J connectivity index is 2.52. The molecule has 0 aliphatic rings. The molecule has 0 fully saturated rings. The second-order valence-electron chi connectivity index (χ2n) is 5.81. The third kappa shape index (κ3) is 2.99. The Kier molecular flexibility index (Phi) is 4.36. The number of aliphatic hydroxyl groups excluding tert-OH is 2. The third-order valence-electron chi connectivity index (χ3n) is 4.18. The van der Waals surface area contributed by atoms with E-state index in [2.05, 4.69) is 0 Å². The first-order chi connectivity index (χ1) is 12.0. The van der Waals surface area contributed by atoms with Gasteiger partial charge in [0.2, 0.25) is 0 Å². The summed E-state index contributed by atoms with van der Waals surface area (Å²) in [7, 11) is 0. The molecule has 2 atom stereocenters. The number of aliphatic hydroxyl groups is 2. The smallest absolute Gasteiger partial charge is 0.379 e. The van der Waals surface area contributed by atoms with Gasteiger partial charge in [0.05, 0.1) is 0 Å². The lowest BCUT2D eigenvalue weighted by atomic mass is 9.87. The van der Waals surface area contributed by atoms with Crippen molar-refractivity contribution in [1.82, 2.24) is 0 Å². The molecule has 2 nitrogen and oxygen atoms in total. The van der Waals surface area contributed by atoms with Gasteiger partial charge in [0.15, 0.2) is 12.2 Å². The summed E-state index contributed by atoms with van der Waals surface area (Å²) in [5.41, 5.74) is -1.08. The number of rotatable bonds is 2. The fourth-order valence-electron chi connectivity index (χ4n) is 3.11. The molecule has 0 radical (unpaired) electrons. The van der Waals surface area contributed by atoms with Crippen LogP contribution in [0, 0.1) is 0 Å². The van der Waals surface area contributed by atoms with Crippen LogP contribution in [0.1, 0.15) is 23.3 Å². The van der Waals surface area contributed by atoms with Gasteiger partial charge in [0.25, 0.3) is 0 Å². The highest BCUT2D eigenvalue weighted by Gasteiger charge is 2.44. The van der Waals surface area contributed by atoms with Crippen LogP contribution >= 0.6 is 0 Å². The van der Waals surface area contributed by atoms with E-state index >= 15 is 0 Å². The van der Waals surface area contributed by atoms with E-state index in [9.17, 15) is 36.6 Å². The third-order valence-corrected chi connectivity index (χ3v) is 4.18. The van der Waals surface area contributed by atoms with E-state index in [1.807, 2.05) is 0 Å². The summed E-state index contributed by atoms with van der Waals surface area (Å²) < 4.78 is 79.0. The topological polar surface area (TPSA) is 40.5 Å². The molecule has 8 heteroatoms. The summed E-state index contributed by atoms with van der Waals surface area (Å²) in [5, 5.41) is 18.9. The van der Waals surface area contributed by atoms with E-state index in [1.165, 1.54) is 48.5 Å². The molecular weight excluding hydrogens is 362 g/mol. The van der Waals surface area contributed by atoms with Gasteiger partial charge in [-0.15, -0.1) is 0 Å². The zero-order valence-corrected chi connectivity index (χ0v) is 12.9. The predicted octanol–water partition coefficient (Wildman–Crippen LogP) is 5.18. The van der Waals surface area contributed by atoms with Crippen LogP contribution in [0.4, 0.5) is 26.3 Å². The highest BCUT2D eigenvalue weighted by molar-refractivity contribution is 6.06. The fraction of sp³-hybridized carbons (Fsp3) is 0.222. The molecule has 3 aromatic rings. The van der Waals surface area contributed by atoms with Crippen molar-refractivity contribution in [2.24, 2.45) is 0 Å². The standard InChI is InChI=1S/C18H12F6O2/c19-17(20,21)15(25)13-9-5-1-2-6-10(9)14(16(26)18(22,23)24)12-8-4-3-7-11(12)13/h1-8,15-16,25-26H/t15-,16-/m1/s1. The molecular formula is C18H12F6O2. The van der Waals surface area contributed by atoms with Crippen molar-refractivity contribution < 1.29 is 36.6 Å². The largest absolute Gasteiger partial charge is 0.418 e. The molecule has 0 saturated heterocycles. The summed E-state index contributed by atoms with van der Waals surface area (Å²) in [4.78, 5) is 0. The first kappa shape index (κ1) is 18.5. The molecule has 26 heavy (non-hydrogen) atoms. The lowest BCUT2D eigenvalue weighted by molar-refractivity contribution is -0.206. The second-order valence-corrected chi connectivity index (χ2v) is 5.81. The van der Waals surface area contributed by atoms with Gasteiger partial charge in [-0.25, -0.2) is 0 Å². The van der Waals surface area contributed by atoms with Crippen LogP contribution in [0.3, 0.4) is 0 Å². The number of hydrogen-bond donors (Lipinski definition) is 2. The molecule has 0 saturated carbocycles. The van der Waals surface area contributed by atoms with Crippen molar-refractivity contribution in [2.75, 3.05) is 0 Å². The molecule has 0 spiro atoms. The molecule has 3 aromatic carbocycles. The molecule has 0 aliphatic heterocycles. The summed E-state index contributed by atoms with van der Waals surface area (Å²) in [6.45, 7) is 0. The predicted molar refractivity (Wildman–Crippen MR) is 83.5 cm³/mol. The Morgan fingerprint density at radius 2 is 0.769 bits per heavy atom. The van der Waals surface area contributed by atoms with Crippen molar-refractivity contribution in [3.63, 3.8) is 0 Å². The molecule has 0 unspecified atom stereocenters. The van der Waals surface area contributed by atoms with Gasteiger partial charge in [-0.2, -0.15) is 26.3 Å². The van der Waals surface area contributed by atoms with E-state index in [-0.39, 0.29) is 21.5 Å². The quantitative estimate of drug-likeness (QED) is 0.479. The molecule has 0 amide bonds.